The second-order valence-corrected chi connectivity index (χ2v) is 7.36. The van der Waals surface area contributed by atoms with Gasteiger partial charge in [-0.3, -0.25) is 0 Å². The van der Waals surface area contributed by atoms with E-state index in [4.69, 9.17) is 5.73 Å². The van der Waals surface area contributed by atoms with Crippen LogP contribution in [0.2, 0.25) is 0 Å². The highest BCUT2D eigenvalue weighted by Crippen LogP contribution is 2.19. The highest BCUT2D eigenvalue weighted by atomic mass is 32.2. The van der Waals surface area contributed by atoms with Gasteiger partial charge in [-0.05, 0) is 29.5 Å². The van der Waals surface area contributed by atoms with Crippen LogP contribution in [0.4, 0.5) is 0 Å². The summed E-state index contributed by atoms with van der Waals surface area (Å²) in [6.45, 7) is 8.49. The molecule has 1 aromatic carbocycles. The van der Waals surface area contributed by atoms with E-state index in [9.17, 15) is 8.42 Å². The maximum atomic E-state index is 12.2. The molecule has 3 N–H and O–H groups in total. The Hall–Kier alpha value is -0.910. The zero-order chi connectivity index (χ0) is 14.0. The number of benzene rings is 1. The molecular weight excluding hydrogens is 248 g/mol. The molecule has 0 radical (unpaired) electrons. The predicted octanol–water partition coefficient (Wildman–Crippen LogP) is 1.78. The second kappa shape index (κ2) is 5.38. The normalized spacial score (nSPS) is 12.7. The molecule has 0 saturated carbocycles. The van der Waals surface area contributed by atoms with Crippen LogP contribution in [0.1, 0.15) is 31.9 Å². The second-order valence-electron chi connectivity index (χ2n) is 5.63. The standard InChI is InChI=1S/C13H22N2O2S/c1-10-11(8-14)6-5-7-12(10)18(16,17)15-9-13(2,3)4/h5-7,15H,8-9,14H2,1-4H3. The quantitative estimate of drug-likeness (QED) is 0.876. The number of nitrogens with two attached hydrogens (primary N) is 1. The van der Waals surface area contributed by atoms with Crippen LogP contribution in [0, 0.1) is 12.3 Å². The number of nitrogens with one attached hydrogen (secondary N) is 1. The summed E-state index contributed by atoms with van der Waals surface area (Å²) in [5.74, 6) is 0. The Morgan fingerprint density at radius 2 is 1.89 bits per heavy atom. The highest BCUT2D eigenvalue weighted by molar-refractivity contribution is 7.89. The van der Waals surface area contributed by atoms with Gasteiger partial charge in [-0.15, -0.1) is 0 Å². The third kappa shape index (κ3) is 3.80. The topological polar surface area (TPSA) is 72.2 Å². The molecular formula is C13H22N2O2S. The number of hydrogen-bond acceptors (Lipinski definition) is 3. The van der Waals surface area contributed by atoms with Gasteiger partial charge in [0.1, 0.15) is 0 Å². The molecule has 4 nitrogen and oxygen atoms in total. The van der Waals surface area contributed by atoms with Gasteiger partial charge in [0.25, 0.3) is 0 Å². The van der Waals surface area contributed by atoms with Crippen LogP contribution < -0.4 is 10.5 Å². The minimum absolute atomic E-state index is 0.0908. The fourth-order valence-corrected chi connectivity index (χ4v) is 3.13. The number of sulfonamides is 1. The number of hydrogen-bond donors (Lipinski definition) is 2. The first kappa shape index (κ1) is 15.1. The van der Waals surface area contributed by atoms with E-state index in [0.29, 0.717) is 18.0 Å². The summed E-state index contributed by atoms with van der Waals surface area (Å²) < 4.78 is 27.1. The summed E-state index contributed by atoms with van der Waals surface area (Å²) >= 11 is 0. The van der Waals surface area contributed by atoms with Gasteiger partial charge in [0.15, 0.2) is 0 Å². The third-order valence-electron chi connectivity index (χ3n) is 2.70. The molecule has 0 aliphatic rings. The molecule has 0 spiro atoms. The molecule has 0 saturated heterocycles. The van der Waals surface area contributed by atoms with Crippen molar-refractivity contribution in [2.75, 3.05) is 6.54 Å². The smallest absolute Gasteiger partial charge is 0.240 e. The molecule has 1 rings (SSSR count). The fourth-order valence-electron chi connectivity index (χ4n) is 1.56. The monoisotopic (exact) mass is 270 g/mol. The Kier molecular flexibility index (Phi) is 4.53. The van der Waals surface area contributed by atoms with Crippen molar-refractivity contribution in [2.24, 2.45) is 11.1 Å². The van der Waals surface area contributed by atoms with Crippen LogP contribution in [0.3, 0.4) is 0 Å². The van der Waals surface area contributed by atoms with Gasteiger partial charge < -0.3 is 5.73 Å². The molecule has 0 unspecified atom stereocenters. The largest absolute Gasteiger partial charge is 0.326 e. The van der Waals surface area contributed by atoms with Crippen LogP contribution in [0.5, 0.6) is 0 Å². The molecule has 0 aliphatic heterocycles. The first-order chi connectivity index (χ1) is 8.17. The molecule has 0 bridgehead atoms. The van der Waals surface area contributed by atoms with Crippen molar-refractivity contribution in [3.05, 3.63) is 29.3 Å². The molecule has 1 aromatic rings. The molecule has 0 fully saturated rings. The lowest BCUT2D eigenvalue weighted by molar-refractivity contribution is 0.407. The van der Waals surface area contributed by atoms with E-state index in [-0.39, 0.29) is 5.41 Å². The van der Waals surface area contributed by atoms with Gasteiger partial charge in [0, 0.05) is 13.1 Å². The van der Waals surface area contributed by atoms with Crippen molar-refractivity contribution < 1.29 is 8.42 Å². The van der Waals surface area contributed by atoms with Crippen LogP contribution in [0.25, 0.3) is 0 Å². The molecule has 0 heterocycles. The summed E-state index contributed by atoms with van der Waals surface area (Å²) in [7, 11) is -3.46. The average molecular weight is 270 g/mol. The Bertz CT molecular complexity index is 516. The van der Waals surface area contributed by atoms with E-state index in [1.165, 1.54) is 0 Å². The zero-order valence-electron chi connectivity index (χ0n) is 11.4. The lowest BCUT2D eigenvalue weighted by Crippen LogP contribution is -2.32. The highest BCUT2D eigenvalue weighted by Gasteiger charge is 2.20. The summed E-state index contributed by atoms with van der Waals surface area (Å²) in [5, 5.41) is 0. The van der Waals surface area contributed by atoms with Gasteiger partial charge in [-0.1, -0.05) is 32.9 Å². The molecule has 5 heteroatoms. The van der Waals surface area contributed by atoms with Crippen LogP contribution in [0.15, 0.2) is 23.1 Å². The zero-order valence-corrected chi connectivity index (χ0v) is 12.3. The van der Waals surface area contributed by atoms with Crippen molar-refractivity contribution in [1.29, 1.82) is 0 Å². The van der Waals surface area contributed by atoms with Crippen molar-refractivity contribution in [2.45, 2.75) is 39.1 Å². The molecule has 18 heavy (non-hydrogen) atoms. The van der Waals surface area contributed by atoms with E-state index in [1.807, 2.05) is 26.8 Å². The van der Waals surface area contributed by atoms with E-state index >= 15 is 0 Å². The van der Waals surface area contributed by atoms with Gasteiger partial charge in [0.2, 0.25) is 10.0 Å². The summed E-state index contributed by atoms with van der Waals surface area (Å²) in [6, 6.07) is 5.18. The maximum Gasteiger partial charge on any atom is 0.240 e. The molecule has 0 amide bonds. The Labute approximate surface area is 110 Å². The lowest BCUT2D eigenvalue weighted by atomic mass is 9.98. The van der Waals surface area contributed by atoms with Crippen molar-refractivity contribution in [1.82, 2.24) is 4.72 Å². The van der Waals surface area contributed by atoms with Gasteiger partial charge >= 0.3 is 0 Å². The van der Waals surface area contributed by atoms with E-state index in [2.05, 4.69) is 4.72 Å². The van der Waals surface area contributed by atoms with Gasteiger partial charge in [-0.2, -0.15) is 0 Å². The van der Waals surface area contributed by atoms with Crippen LogP contribution in [-0.4, -0.2) is 15.0 Å². The van der Waals surface area contributed by atoms with Crippen LogP contribution >= 0.6 is 0 Å². The van der Waals surface area contributed by atoms with E-state index < -0.39 is 10.0 Å². The number of rotatable bonds is 4. The minimum Gasteiger partial charge on any atom is -0.326 e. The fraction of sp³-hybridized carbons (Fsp3) is 0.538. The molecule has 0 aliphatic carbocycles. The van der Waals surface area contributed by atoms with Crippen LogP contribution in [-0.2, 0) is 16.6 Å². The third-order valence-corrected chi connectivity index (χ3v) is 4.24. The minimum atomic E-state index is -3.46. The lowest BCUT2D eigenvalue weighted by Gasteiger charge is -2.19. The average Bonchev–Trinajstić information content (AvgIpc) is 2.26. The van der Waals surface area contributed by atoms with E-state index in [0.717, 1.165) is 11.1 Å². The van der Waals surface area contributed by atoms with Crippen molar-refractivity contribution in [3.8, 4) is 0 Å². The molecule has 0 atom stereocenters. The summed E-state index contributed by atoms with van der Waals surface area (Å²) in [5.41, 5.74) is 7.08. The summed E-state index contributed by atoms with van der Waals surface area (Å²) in [4.78, 5) is 0.315. The molecule has 0 aromatic heterocycles. The maximum absolute atomic E-state index is 12.2. The Morgan fingerprint density at radius 1 is 1.28 bits per heavy atom. The van der Waals surface area contributed by atoms with Gasteiger partial charge in [-0.25, -0.2) is 13.1 Å². The summed E-state index contributed by atoms with van der Waals surface area (Å²) in [6.07, 6.45) is 0. The van der Waals surface area contributed by atoms with Gasteiger partial charge in [0.05, 0.1) is 4.90 Å². The Morgan fingerprint density at radius 3 is 2.39 bits per heavy atom. The van der Waals surface area contributed by atoms with Crippen molar-refractivity contribution >= 4 is 10.0 Å². The Balaban J connectivity index is 3.06. The SMILES string of the molecule is Cc1c(CN)cccc1S(=O)(=O)NCC(C)(C)C. The predicted molar refractivity (Wildman–Crippen MR) is 73.7 cm³/mol. The first-order valence-corrected chi connectivity index (χ1v) is 7.44. The molecule has 102 valence electrons. The van der Waals surface area contributed by atoms with E-state index in [1.54, 1.807) is 19.1 Å². The first-order valence-electron chi connectivity index (χ1n) is 5.95. The van der Waals surface area contributed by atoms with Crippen molar-refractivity contribution in [3.63, 3.8) is 0 Å².